The van der Waals surface area contributed by atoms with Crippen molar-refractivity contribution >= 4 is 0 Å². The Balaban J connectivity index is 3.63. The summed E-state index contributed by atoms with van der Waals surface area (Å²) in [6.07, 6.45) is 0.832. The Morgan fingerprint density at radius 2 is 2.00 bits per heavy atom. The standard InChI is InChI=1S/C10H24N2O/c1-9(13)7-12(4)6-5-10(2,3)8-11/h9,13H,5-8,11H2,1-4H3. The number of nitrogens with zero attached hydrogens (tertiary/aromatic N) is 1. The first-order valence-corrected chi connectivity index (χ1v) is 4.94. The van der Waals surface area contributed by atoms with Crippen molar-refractivity contribution in [1.82, 2.24) is 4.90 Å². The first-order valence-electron chi connectivity index (χ1n) is 4.94. The summed E-state index contributed by atoms with van der Waals surface area (Å²) in [6, 6.07) is 0. The molecule has 3 heteroatoms. The fourth-order valence-corrected chi connectivity index (χ4v) is 1.14. The van der Waals surface area contributed by atoms with Gasteiger partial charge in [-0.2, -0.15) is 0 Å². The van der Waals surface area contributed by atoms with Crippen molar-refractivity contribution in [2.45, 2.75) is 33.3 Å². The molecule has 0 saturated heterocycles. The van der Waals surface area contributed by atoms with Crippen molar-refractivity contribution in [2.75, 3.05) is 26.7 Å². The number of nitrogens with two attached hydrogens (primary N) is 1. The van der Waals surface area contributed by atoms with Crippen molar-refractivity contribution in [3.8, 4) is 0 Å². The van der Waals surface area contributed by atoms with Crippen molar-refractivity contribution < 1.29 is 5.11 Å². The van der Waals surface area contributed by atoms with Crippen LogP contribution in [-0.4, -0.2) is 42.8 Å². The van der Waals surface area contributed by atoms with E-state index in [1.54, 1.807) is 0 Å². The summed E-state index contributed by atoms with van der Waals surface area (Å²) in [7, 11) is 2.03. The minimum atomic E-state index is -0.244. The molecule has 0 aliphatic heterocycles. The van der Waals surface area contributed by atoms with Crippen LogP contribution in [0.4, 0.5) is 0 Å². The van der Waals surface area contributed by atoms with Gasteiger partial charge >= 0.3 is 0 Å². The highest BCUT2D eigenvalue weighted by molar-refractivity contribution is 4.71. The van der Waals surface area contributed by atoms with Crippen LogP contribution < -0.4 is 5.73 Å². The Labute approximate surface area is 81.9 Å². The first kappa shape index (κ1) is 12.9. The highest BCUT2D eigenvalue weighted by Gasteiger charge is 2.16. The summed E-state index contributed by atoms with van der Waals surface area (Å²) in [5.74, 6) is 0. The van der Waals surface area contributed by atoms with Gasteiger partial charge in [-0.15, -0.1) is 0 Å². The third kappa shape index (κ3) is 6.99. The van der Waals surface area contributed by atoms with E-state index >= 15 is 0 Å². The van der Waals surface area contributed by atoms with E-state index in [9.17, 15) is 0 Å². The third-order valence-corrected chi connectivity index (χ3v) is 2.30. The first-order chi connectivity index (χ1) is 5.87. The summed E-state index contributed by atoms with van der Waals surface area (Å²) in [5, 5.41) is 9.14. The minimum absolute atomic E-state index is 0.215. The molecule has 0 aliphatic rings. The van der Waals surface area contributed by atoms with Crippen molar-refractivity contribution in [2.24, 2.45) is 11.1 Å². The Kier molecular flexibility index (Phi) is 5.53. The largest absolute Gasteiger partial charge is 0.392 e. The van der Waals surface area contributed by atoms with Gasteiger partial charge in [0, 0.05) is 6.54 Å². The third-order valence-electron chi connectivity index (χ3n) is 2.30. The lowest BCUT2D eigenvalue weighted by Crippen LogP contribution is -2.33. The minimum Gasteiger partial charge on any atom is -0.392 e. The van der Waals surface area contributed by atoms with Crippen LogP contribution in [-0.2, 0) is 0 Å². The fraction of sp³-hybridized carbons (Fsp3) is 1.00. The van der Waals surface area contributed by atoms with E-state index in [4.69, 9.17) is 10.8 Å². The zero-order valence-electron chi connectivity index (χ0n) is 9.38. The SMILES string of the molecule is CC(O)CN(C)CCC(C)(C)CN. The van der Waals surface area contributed by atoms with E-state index in [1.807, 2.05) is 14.0 Å². The van der Waals surface area contributed by atoms with Gasteiger partial charge < -0.3 is 15.7 Å². The van der Waals surface area contributed by atoms with E-state index < -0.39 is 0 Å². The van der Waals surface area contributed by atoms with Crippen LogP contribution in [0.3, 0.4) is 0 Å². The molecule has 0 rings (SSSR count). The average Bonchev–Trinajstić information content (AvgIpc) is 2.00. The topological polar surface area (TPSA) is 49.5 Å². The van der Waals surface area contributed by atoms with Gasteiger partial charge in [-0.25, -0.2) is 0 Å². The lowest BCUT2D eigenvalue weighted by Gasteiger charge is -2.26. The Bertz CT molecular complexity index is 135. The molecule has 0 aromatic carbocycles. The summed E-state index contributed by atoms with van der Waals surface area (Å²) < 4.78 is 0. The van der Waals surface area contributed by atoms with Crippen LogP contribution >= 0.6 is 0 Å². The highest BCUT2D eigenvalue weighted by Crippen LogP contribution is 2.17. The second-order valence-electron chi connectivity index (χ2n) is 4.73. The average molecular weight is 188 g/mol. The van der Waals surface area contributed by atoms with E-state index in [2.05, 4.69) is 18.7 Å². The Morgan fingerprint density at radius 1 is 1.46 bits per heavy atom. The predicted octanol–water partition coefficient (Wildman–Crippen LogP) is 0.674. The zero-order chi connectivity index (χ0) is 10.5. The zero-order valence-corrected chi connectivity index (χ0v) is 9.38. The number of likely N-dealkylation sites (N-methyl/N-ethyl adjacent to an activating group) is 1. The molecule has 0 aromatic rings. The monoisotopic (exact) mass is 188 g/mol. The lowest BCUT2D eigenvalue weighted by molar-refractivity contribution is 0.133. The number of aliphatic hydroxyl groups excluding tert-OH is 1. The Hall–Kier alpha value is -0.120. The van der Waals surface area contributed by atoms with Gasteiger partial charge in [0.2, 0.25) is 0 Å². The molecule has 1 unspecified atom stereocenters. The molecule has 1 atom stereocenters. The highest BCUT2D eigenvalue weighted by atomic mass is 16.3. The molecule has 0 spiro atoms. The number of rotatable bonds is 6. The van der Waals surface area contributed by atoms with Gasteiger partial charge in [-0.05, 0) is 38.9 Å². The van der Waals surface area contributed by atoms with Crippen molar-refractivity contribution in [3.63, 3.8) is 0 Å². The normalized spacial score (nSPS) is 15.0. The van der Waals surface area contributed by atoms with E-state index in [0.29, 0.717) is 0 Å². The van der Waals surface area contributed by atoms with Gasteiger partial charge in [0.15, 0.2) is 0 Å². The van der Waals surface area contributed by atoms with Gasteiger partial charge in [-0.1, -0.05) is 13.8 Å². The van der Waals surface area contributed by atoms with Gasteiger partial charge in [0.05, 0.1) is 6.10 Å². The van der Waals surface area contributed by atoms with Crippen LogP contribution in [0.15, 0.2) is 0 Å². The molecule has 0 heterocycles. The van der Waals surface area contributed by atoms with Crippen LogP contribution in [0.1, 0.15) is 27.2 Å². The van der Waals surface area contributed by atoms with Crippen LogP contribution in [0.5, 0.6) is 0 Å². The summed E-state index contributed by atoms with van der Waals surface area (Å²) in [6.45, 7) is 8.60. The maximum Gasteiger partial charge on any atom is 0.0638 e. The maximum absolute atomic E-state index is 9.14. The molecule has 0 amide bonds. The van der Waals surface area contributed by atoms with Gasteiger partial charge in [0.25, 0.3) is 0 Å². The molecular formula is C10H24N2O. The van der Waals surface area contributed by atoms with E-state index in [-0.39, 0.29) is 11.5 Å². The summed E-state index contributed by atoms with van der Waals surface area (Å²) in [4.78, 5) is 2.14. The van der Waals surface area contributed by atoms with Crippen LogP contribution in [0, 0.1) is 5.41 Å². The van der Waals surface area contributed by atoms with Gasteiger partial charge in [0.1, 0.15) is 0 Å². The maximum atomic E-state index is 9.14. The van der Waals surface area contributed by atoms with Crippen LogP contribution in [0.2, 0.25) is 0 Å². The molecule has 80 valence electrons. The van der Waals surface area contributed by atoms with E-state index in [0.717, 1.165) is 26.1 Å². The number of hydrogen-bond donors (Lipinski definition) is 2. The molecule has 13 heavy (non-hydrogen) atoms. The quantitative estimate of drug-likeness (QED) is 0.644. The molecule has 0 fully saturated rings. The number of aliphatic hydroxyl groups is 1. The fourth-order valence-electron chi connectivity index (χ4n) is 1.14. The summed E-state index contributed by atoms with van der Waals surface area (Å²) in [5.41, 5.74) is 5.84. The molecule has 0 aliphatic carbocycles. The van der Waals surface area contributed by atoms with Gasteiger partial charge in [-0.3, -0.25) is 0 Å². The molecule has 0 radical (unpaired) electrons. The summed E-state index contributed by atoms with van der Waals surface area (Å²) >= 11 is 0. The molecule has 0 bridgehead atoms. The van der Waals surface area contributed by atoms with Crippen LogP contribution in [0.25, 0.3) is 0 Å². The lowest BCUT2D eigenvalue weighted by atomic mass is 9.89. The van der Waals surface area contributed by atoms with Crippen molar-refractivity contribution in [1.29, 1.82) is 0 Å². The molecular weight excluding hydrogens is 164 g/mol. The molecule has 3 N–H and O–H groups in total. The number of hydrogen-bond acceptors (Lipinski definition) is 3. The second-order valence-corrected chi connectivity index (χ2v) is 4.73. The molecule has 0 saturated carbocycles. The van der Waals surface area contributed by atoms with Crippen molar-refractivity contribution in [3.05, 3.63) is 0 Å². The molecule has 0 aromatic heterocycles. The second kappa shape index (κ2) is 5.58. The molecule has 3 nitrogen and oxygen atoms in total. The van der Waals surface area contributed by atoms with E-state index in [1.165, 1.54) is 0 Å². The Morgan fingerprint density at radius 3 is 2.38 bits per heavy atom. The smallest absolute Gasteiger partial charge is 0.0638 e. The predicted molar refractivity (Wildman–Crippen MR) is 56.6 cm³/mol.